The molecule has 1 heterocycles. The van der Waals surface area contributed by atoms with Crippen molar-refractivity contribution >= 4 is 5.97 Å². The van der Waals surface area contributed by atoms with Gasteiger partial charge in [0.2, 0.25) is 0 Å². The normalized spacial score (nSPS) is 11.0. The number of esters is 1. The number of rotatable bonds is 8. The zero-order chi connectivity index (χ0) is 14.3. The summed E-state index contributed by atoms with van der Waals surface area (Å²) in [5.41, 5.74) is 1.19. The maximum absolute atomic E-state index is 11.8. The van der Waals surface area contributed by atoms with E-state index < -0.39 is 5.97 Å². The molecule has 0 fully saturated rings. The van der Waals surface area contributed by atoms with Crippen molar-refractivity contribution in [2.24, 2.45) is 5.92 Å². The van der Waals surface area contributed by atoms with Crippen molar-refractivity contribution in [2.75, 3.05) is 20.3 Å². The highest BCUT2D eigenvalue weighted by atomic mass is 16.5. The molecule has 108 valence electrons. The molecule has 0 unspecified atom stereocenters. The van der Waals surface area contributed by atoms with Gasteiger partial charge >= 0.3 is 5.97 Å². The van der Waals surface area contributed by atoms with Crippen LogP contribution in [-0.2, 0) is 22.4 Å². The monoisotopic (exact) mass is 269 g/mol. The highest BCUT2D eigenvalue weighted by Crippen LogP contribution is 2.13. The molecule has 6 heteroatoms. The second kappa shape index (κ2) is 7.89. The molecule has 1 aromatic rings. The Morgan fingerprint density at radius 3 is 2.74 bits per heavy atom. The lowest BCUT2D eigenvalue weighted by molar-refractivity contribution is 0.0517. The molecule has 0 radical (unpaired) electrons. The van der Waals surface area contributed by atoms with Crippen LogP contribution in [0.5, 0.6) is 0 Å². The van der Waals surface area contributed by atoms with Gasteiger partial charge in [-0.3, -0.25) is 0 Å². The van der Waals surface area contributed by atoms with Gasteiger partial charge in [-0.15, -0.1) is 5.10 Å². The predicted molar refractivity (Wildman–Crippen MR) is 71.0 cm³/mol. The molecular weight excluding hydrogens is 246 g/mol. The van der Waals surface area contributed by atoms with Crippen LogP contribution >= 0.6 is 0 Å². The fourth-order valence-electron chi connectivity index (χ4n) is 1.82. The Kier molecular flexibility index (Phi) is 6.49. The van der Waals surface area contributed by atoms with Crippen LogP contribution in [0, 0.1) is 5.92 Å². The van der Waals surface area contributed by atoms with E-state index in [-0.39, 0.29) is 0 Å². The van der Waals surface area contributed by atoms with Crippen LogP contribution in [-0.4, -0.2) is 41.3 Å². The number of aryl methyl sites for hydroxylation is 1. The SMILES string of the molecule is CCOC(=O)c1nnn(CCCOC)c1CC(C)C. The quantitative estimate of drug-likeness (QED) is 0.530. The Morgan fingerprint density at radius 1 is 1.42 bits per heavy atom. The minimum atomic E-state index is -0.392. The van der Waals surface area contributed by atoms with Gasteiger partial charge in [0, 0.05) is 20.3 Å². The van der Waals surface area contributed by atoms with E-state index in [2.05, 4.69) is 24.2 Å². The van der Waals surface area contributed by atoms with Gasteiger partial charge in [0.1, 0.15) is 0 Å². The van der Waals surface area contributed by atoms with Gasteiger partial charge < -0.3 is 9.47 Å². The average Bonchev–Trinajstić information content (AvgIpc) is 2.72. The molecule has 0 aromatic carbocycles. The van der Waals surface area contributed by atoms with Gasteiger partial charge in [0.15, 0.2) is 5.69 Å². The Balaban J connectivity index is 2.88. The lowest BCUT2D eigenvalue weighted by Crippen LogP contribution is -2.14. The topological polar surface area (TPSA) is 66.2 Å². The molecule has 0 saturated carbocycles. The largest absolute Gasteiger partial charge is 0.461 e. The number of hydrogen-bond donors (Lipinski definition) is 0. The van der Waals surface area contributed by atoms with Gasteiger partial charge in [-0.05, 0) is 25.7 Å². The third-order valence-electron chi connectivity index (χ3n) is 2.63. The van der Waals surface area contributed by atoms with E-state index in [1.165, 1.54) is 0 Å². The summed E-state index contributed by atoms with van der Waals surface area (Å²) in [4.78, 5) is 11.8. The summed E-state index contributed by atoms with van der Waals surface area (Å²) >= 11 is 0. The molecule has 0 saturated heterocycles. The molecule has 19 heavy (non-hydrogen) atoms. The standard InChI is InChI=1S/C13H23N3O3/c1-5-19-13(17)12-11(9-10(2)3)16(15-14-12)7-6-8-18-4/h10H,5-9H2,1-4H3. The molecule has 1 aromatic heterocycles. The van der Waals surface area contributed by atoms with E-state index in [1.807, 2.05) is 0 Å². The van der Waals surface area contributed by atoms with Crippen molar-refractivity contribution in [3.63, 3.8) is 0 Å². The van der Waals surface area contributed by atoms with Crippen LogP contribution in [0.15, 0.2) is 0 Å². The highest BCUT2D eigenvalue weighted by molar-refractivity contribution is 5.88. The number of methoxy groups -OCH3 is 1. The van der Waals surface area contributed by atoms with Crippen molar-refractivity contribution in [3.05, 3.63) is 11.4 Å². The molecule has 1 rings (SSSR count). The third-order valence-corrected chi connectivity index (χ3v) is 2.63. The number of aromatic nitrogens is 3. The molecule has 0 atom stereocenters. The van der Waals surface area contributed by atoms with Crippen LogP contribution < -0.4 is 0 Å². The molecule has 0 aliphatic carbocycles. The fourth-order valence-corrected chi connectivity index (χ4v) is 1.82. The first-order valence-corrected chi connectivity index (χ1v) is 6.68. The van der Waals surface area contributed by atoms with Crippen LogP contribution in [0.4, 0.5) is 0 Å². The van der Waals surface area contributed by atoms with Crippen LogP contribution in [0.3, 0.4) is 0 Å². The lowest BCUT2D eigenvalue weighted by atomic mass is 10.1. The van der Waals surface area contributed by atoms with Crippen molar-refractivity contribution in [1.82, 2.24) is 15.0 Å². The number of ether oxygens (including phenoxy) is 2. The molecule has 0 spiro atoms. The number of carbonyl (C=O) groups is 1. The Bertz CT molecular complexity index is 402. The molecular formula is C13H23N3O3. The smallest absolute Gasteiger partial charge is 0.360 e. The van der Waals surface area contributed by atoms with Gasteiger partial charge in [-0.1, -0.05) is 19.1 Å². The van der Waals surface area contributed by atoms with E-state index in [1.54, 1.807) is 18.7 Å². The van der Waals surface area contributed by atoms with E-state index in [4.69, 9.17) is 9.47 Å². The number of nitrogens with zero attached hydrogens (tertiary/aromatic N) is 3. The van der Waals surface area contributed by atoms with Crippen LogP contribution in [0.25, 0.3) is 0 Å². The second-order valence-electron chi connectivity index (χ2n) is 4.77. The minimum Gasteiger partial charge on any atom is -0.461 e. The summed E-state index contributed by atoms with van der Waals surface area (Å²) in [7, 11) is 1.67. The van der Waals surface area contributed by atoms with E-state index in [0.29, 0.717) is 31.4 Å². The first-order chi connectivity index (χ1) is 9.10. The van der Waals surface area contributed by atoms with Crippen molar-refractivity contribution in [3.8, 4) is 0 Å². The summed E-state index contributed by atoms with van der Waals surface area (Å²) in [6, 6.07) is 0. The van der Waals surface area contributed by atoms with Gasteiger partial charge in [0.05, 0.1) is 12.3 Å². The number of hydrogen-bond acceptors (Lipinski definition) is 5. The lowest BCUT2D eigenvalue weighted by Gasteiger charge is -2.09. The van der Waals surface area contributed by atoms with E-state index in [9.17, 15) is 4.79 Å². The van der Waals surface area contributed by atoms with Gasteiger partial charge in [-0.25, -0.2) is 9.48 Å². The Labute approximate surface area is 114 Å². The molecule has 0 aliphatic rings. The summed E-state index contributed by atoms with van der Waals surface area (Å²) < 4.78 is 11.8. The molecule has 0 aliphatic heterocycles. The molecule has 0 bridgehead atoms. The predicted octanol–water partition coefficient (Wildman–Crippen LogP) is 1.69. The zero-order valence-electron chi connectivity index (χ0n) is 12.2. The van der Waals surface area contributed by atoms with Crippen molar-refractivity contribution in [2.45, 2.75) is 40.2 Å². The summed E-state index contributed by atoms with van der Waals surface area (Å²) in [6.45, 7) is 7.68. The second-order valence-corrected chi connectivity index (χ2v) is 4.77. The van der Waals surface area contributed by atoms with Crippen LogP contribution in [0.2, 0.25) is 0 Å². The maximum atomic E-state index is 11.8. The van der Waals surface area contributed by atoms with Crippen molar-refractivity contribution < 1.29 is 14.3 Å². The first kappa shape index (κ1) is 15.6. The van der Waals surface area contributed by atoms with Crippen LogP contribution in [0.1, 0.15) is 43.4 Å². The van der Waals surface area contributed by atoms with E-state index in [0.717, 1.165) is 18.5 Å². The maximum Gasteiger partial charge on any atom is 0.360 e. The average molecular weight is 269 g/mol. The van der Waals surface area contributed by atoms with Crippen molar-refractivity contribution in [1.29, 1.82) is 0 Å². The Hall–Kier alpha value is -1.43. The van der Waals surface area contributed by atoms with Gasteiger partial charge in [-0.2, -0.15) is 0 Å². The highest BCUT2D eigenvalue weighted by Gasteiger charge is 2.21. The summed E-state index contributed by atoms with van der Waals surface area (Å²) in [5, 5.41) is 8.02. The fraction of sp³-hybridized carbons (Fsp3) is 0.769. The van der Waals surface area contributed by atoms with E-state index >= 15 is 0 Å². The number of carbonyl (C=O) groups excluding carboxylic acids is 1. The Morgan fingerprint density at radius 2 is 2.16 bits per heavy atom. The molecule has 0 N–H and O–H groups in total. The molecule has 6 nitrogen and oxygen atoms in total. The third kappa shape index (κ3) is 4.63. The molecule has 0 amide bonds. The first-order valence-electron chi connectivity index (χ1n) is 6.68. The van der Waals surface area contributed by atoms with Gasteiger partial charge in [0.25, 0.3) is 0 Å². The summed E-state index contributed by atoms with van der Waals surface area (Å²) in [6.07, 6.45) is 1.60. The zero-order valence-corrected chi connectivity index (χ0v) is 12.2. The minimum absolute atomic E-state index is 0.341. The summed E-state index contributed by atoms with van der Waals surface area (Å²) in [5.74, 6) is 0.0315.